The molecule has 0 aromatic heterocycles. The molecule has 2 heterocycles. The zero-order chi connectivity index (χ0) is 18.6. The molecule has 2 saturated heterocycles. The van der Waals surface area contributed by atoms with E-state index in [4.69, 9.17) is 9.47 Å². The lowest BCUT2D eigenvalue weighted by Gasteiger charge is -2.84. The predicted octanol–water partition coefficient (Wildman–Crippen LogP) is 2.26. The molecule has 1 spiro atoms. The lowest BCUT2D eigenvalue weighted by atomic mass is 9.28. The zero-order valence-electron chi connectivity index (χ0n) is 16.0. The van der Waals surface area contributed by atoms with Crippen LogP contribution in [0.1, 0.15) is 39.0 Å². The van der Waals surface area contributed by atoms with Gasteiger partial charge in [0.25, 0.3) is 0 Å². The first-order valence-corrected chi connectivity index (χ1v) is 10.4. The van der Waals surface area contributed by atoms with Crippen LogP contribution in [-0.2, 0) is 19.1 Å². The smallest absolute Gasteiger partial charge is 0.331 e. The quantitative estimate of drug-likeness (QED) is 0.434. The van der Waals surface area contributed by atoms with Gasteiger partial charge in [-0.2, -0.15) is 0 Å². The maximum atomic E-state index is 12.9. The van der Waals surface area contributed by atoms with Gasteiger partial charge in [0.2, 0.25) is 0 Å². The number of Topliss-reactive ketones (excluding diaryl/α,β-unsaturated/α-hetero) is 1. The molecule has 4 saturated carbocycles. The second kappa shape index (κ2) is 5.12. The fraction of sp³-hybridized carbons (Fsp3) is 0.727. The molecule has 0 N–H and O–H groups in total. The van der Waals surface area contributed by atoms with Crippen molar-refractivity contribution in [2.45, 2.75) is 68.9 Å². The van der Waals surface area contributed by atoms with Crippen molar-refractivity contribution in [3.05, 3.63) is 24.3 Å². The predicted molar refractivity (Wildman–Crippen MR) is 97.8 cm³/mol. The molecule has 0 aromatic carbocycles. The summed E-state index contributed by atoms with van der Waals surface area (Å²) < 4.78 is 12.3. The van der Waals surface area contributed by atoms with E-state index in [1.165, 1.54) is 12.5 Å². The van der Waals surface area contributed by atoms with Crippen LogP contribution in [0.15, 0.2) is 24.3 Å². The van der Waals surface area contributed by atoms with Crippen molar-refractivity contribution >= 4 is 11.8 Å². The summed E-state index contributed by atoms with van der Waals surface area (Å²) in [5, 5.41) is 0. The summed E-state index contributed by atoms with van der Waals surface area (Å²) in [6.07, 6.45) is 11.2. The Morgan fingerprint density at radius 2 is 2.19 bits per heavy atom. The van der Waals surface area contributed by atoms with Crippen LogP contribution in [0.5, 0.6) is 0 Å². The SMILES string of the molecule is C/C=C/C=C/C(=O)OC1CCC2C[C@@H]3[C@@H]4C5(CC(=O)[C@@H]6OC1C2[C@]46C5)N3C. The van der Waals surface area contributed by atoms with Crippen LogP contribution in [0.2, 0.25) is 0 Å². The normalized spacial score (nSPS) is 54.6. The van der Waals surface area contributed by atoms with Crippen molar-refractivity contribution in [3.8, 4) is 0 Å². The number of carbonyl (C=O) groups excluding carboxylic acids is 2. The van der Waals surface area contributed by atoms with Gasteiger partial charge in [-0.05, 0) is 45.6 Å². The first-order chi connectivity index (χ1) is 13.0. The highest BCUT2D eigenvalue weighted by Crippen LogP contribution is 2.81. The summed E-state index contributed by atoms with van der Waals surface area (Å²) in [6, 6.07) is 0.626. The van der Waals surface area contributed by atoms with Crippen LogP contribution in [0.4, 0.5) is 0 Å². The lowest BCUT2D eigenvalue weighted by Crippen LogP contribution is -2.91. The Morgan fingerprint density at radius 3 is 3.00 bits per heavy atom. The van der Waals surface area contributed by atoms with Gasteiger partial charge in [-0.1, -0.05) is 18.2 Å². The molecule has 0 aromatic rings. The number of ether oxygens (including phenoxy) is 2. The van der Waals surface area contributed by atoms with Crippen molar-refractivity contribution in [2.75, 3.05) is 7.05 Å². The topological polar surface area (TPSA) is 55.8 Å². The van der Waals surface area contributed by atoms with E-state index >= 15 is 0 Å². The van der Waals surface area contributed by atoms with E-state index in [9.17, 15) is 9.59 Å². The molecule has 6 rings (SSSR count). The standard InChI is InChI=1S/C22H27NO4/c1-3-4-5-6-16(25)26-15-8-7-12-9-13-19-21(23(13)2)10-14(24)20-22(19,11-21)17(12)18(15)27-20/h3-6,12-13,15,17-20H,7-11H2,1-2H3/b4-3+,6-5+/t12?,13-,15?,17?,18?,19-,20+,21?,22-/m1/s1. The minimum absolute atomic E-state index is 0.0337. The average Bonchev–Trinajstić information content (AvgIpc) is 3.00. The molecule has 5 heteroatoms. The maximum absolute atomic E-state index is 12.9. The van der Waals surface area contributed by atoms with Crippen LogP contribution >= 0.6 is 0 Å². The van der Waals surface area contributed by atoms with Gasteiger partial charge in [-0.15, -0.1) is 0 Å². The van der Waals surface area contributed by atoms with Crippen LogP contribution in [0.25, 0.3) is 0 Å². The van der Waals surface area contributed by atoms with Gasteiger partial charge < -0.3 is 9.47 Å². The molecule has 5 unspecified atom stereocenters. The number of esters is 1. The molecular weight excluding hydrogens is 342 g/mol. The third-order valence-corrected chi connectivity index (χ3v) is 8.93. The molecule has 6 fully saturated rings. The van der Waals surface area contributed by atoms with E-state index < -0.39 is 0 Å². The largest absolute Gasteiger partial charge is 0.456 e. The Labute approximate surface area is 159 Å². The van der Waals surface area contributed by atoms with Crippen LogP contribution in [0, 0.1) is 23.2 Å². The molecule has 2 bridgehead atoms. The number of hydrogen-bond acceptors (Lipinski definition) is 5. The third-order valence-electron chi connectivity index (χ3n) is 8.93. The first-order valence-electron chi connectivity index (χ1n) is 10.4. The van der Waals surface area contributed by atoms with E-state index in [1.807, 2.05) is 19.1 Å². The second-order valence-corrected chi connectivity index (χ2v) is 9.63. The van der Waals surface area contributed by atoms with Gasteiger partial charge in [-0.3, -0.25) is 9.69 Å². The highest BCUT2D eigenvalue weighted by molar-refractivity contribution is 5.89. The lowest BCUT2D eigenvalue weighted by molar-refractivity contribution is -0.338. The number of rotatable bonds is 3. The Morgan fingerprint density at radius 1 is 1.33 bits per heavy atom. The second-order valence-electron chi connectivity index (χ2n) is 9.63. The molecule has 27 heavy (non-hydrogen) atoms. The Bertz CT molecular complexity index is 789. The number of allylic oxidation sites excluding steroid dienone is 3. The highest BCUT2D eigenvalue weighted by atomic mass is 16.6. The molecule has 2 aliphatic heterocycles. The number of likely N-dealkylation sites (tertiary alicyclic amines) is 1. The van der Waals surface area contributed by atoms with Crippen LogP contribution in [-0.4, -0.2) is 53.6 Å². The minimum atomic E-state index is -0.307. The molecular formula is C22H27NO4. The fourth-order valence-corrected chi connectivity index (χ4v) is 8.33. The van der Waals surface area contributed by atoms with Gasteiger partial charge >= 0.3 is 5.97 Å². The monoisotopic (exact) mass is 369 g/mol. The van der Waals surface area contributed by atoms with Crippen LogP contribution < -0.4 is 0 Å². The number of piperidine rings is 1. The van der Waals surface area contributed by atoms with Crippen molar-refractivity contribution in [2.24, 2.45) is 23.2 Å². The molecule has 144 valence electrons. The summed E-state index contributed by atoms with van der Waals surface area (Å²) in [6.45, 7) is 1.91. The van der Waals surface area contributed by atoms with Crippen molar-refractivity contribution in [1.82, 2.24) is 4.90 Å². The molecule has 6 aliphatic rings. The third kappa shape index (κ3) is 1.70. The molecule has 0 amide bonds. The van der Waals surface area contributed by atoms with Crippen LogP contribution in [0.3, 0.4) is 0 Å². The zero-order valence-corrected chi connectivity index (χ0v) is 16.0. The molecule has 5 nitrogen and oxygen atoms in total. The molecule has 4 aliphatic carbocycles. The van der Waals surface area contributed by atoms with Crippen molar-refractivity contribution in [3.63, 3.8) is 0 Å². The van der Waals surface area contributed by atoms with Crippen molar-refractivity contribution < 1.29 is 19.1 Å². The average molecular weight is 369 g/mol. The van der Waals surface area contributed by atoms with Gasteiger partial charge in [0.05, 0.1) is 6.10 Å². The number of nitrogens with zero attached hydrogens (tertiary/aromatic N) is 1. The Kier molecular flexibility index (Phi) is 3.13. The summed E-state index contributed by atoms with van der Waals surface area (Å²) in [5.74, 6) is 1.59. The van der Waals surface area contributed by atoms with E-state index in [0.29, 0.717) is 30.2 Å². The Balaban J connectivity index is 1.31. The summed E-state index contributed by atoms with van der Waals surface area (Å²) >= 11 is 0. The molecule has 9 atom stereocenters. The van der Waals surface area contributed by atoms with Crippen molar-refractivity contribution in [1.29, 1.82) is 0 Å². The highest BCUT2D eigenvalue weighted by Gasteiger charge is 2.88. The van der Waals surface area contributed by atoms with E-state index in [2.05, 4.69) is 11.9 Å². The number of carbonyl (C=O) groups is 2. The maximum Gasteiger partial charge on any atom is 0.331 e. The van der Waals surface area contributed by atoms with Gasteiger partial charge in [-0.25, -0.2) is 4.79 Å². The van der Waals surface area contributed by atoms with E-state index in [1.54, 1.807) is 6.08 Å². The fourth-order valence-electron chi connectivity index (χ4n) is 8.33. The van der Waals surface area contributed by atoms with E-state index in [-0.39, 0.29) is 41.0 Å². The van der Waals surface area contributed by atoms with Gasteiger partial charge in [0, 0.05) is 41.3 Å². The summed E-state index contributed by atoms with van der Waals surface area (Å²) in [7, 11) is 2.22. The first kappa shape index (κ1) is 16.5. The number of ketones is 1. The van der Waals surface area contributed by atoms with E-state index in [0.717, 1.165) is 19.3 Å². The molecule has 0 radical (unpaired) electrons. The van der Waals surface area contributed by atoms with Gasteiger partial charge in [0.1, 0.15) is 12.2 Å². The van der Waals surface area contributed by atoms with Gasteiger partial charge in [0.15, 0.2) is 5.78 Å². The summed E-state index contributed by atoms with van der Waals surface area (Å²) in [4.78, 5) is 27.7. The summed E-state index contributed by atoms with van der Waals surface area (Å²) in [5.41, 5.74) is 0.159. The number of hydrogen-bond donors (Lipinski definition) is 0. The Hall–Kier alpha value is -1.46. The minimum Gasteiger partial charge on any atom is -0.456 e.